The minimum absolute atomic E-state index is 0.681. The van der Waals surface area contributed by atoms with Crippen LogP contribution in [0.25, 0.3) is 0 Å². The average Bonchev–Trinajstić information content (AvgIpc) is 3.10. The van der Waals surface area contributed by atoms with Gasteiger partial charge in [0.15, 0.2) is 5.13 Å². The van der Waals surface area contributed by atoms with Crippen molar-refractivity contribution in [2.24, 2.45) is 5.92 Å². The zero-order valence-corrected chi connectivity index (χ0v) is 13.5. The summed E-state index contributed by atoms with van der Waals surface area (Å²) in [6.07, 6.45) is 3.85. The van der Waals surface area contributed by atoms with E-state index in [0.717, 1.165) is 25.6 Å². The van der Waals surface area contributed by atoms with E-state index in [2.05, 4.69) is 38.0 Å². The molecule has 1 fully saturated rings. The molecule has 4 heteroatoms. The maximum atomic E-state index is 4.91. The van der Waals surface area contributed by atoms with E-state index in [1.165, 1.54) is 35.0 Å². The lowest BCUT2D eigenvalue weighted by molar-refractivity contribution is 0.637. The Morgan fingerprint density at radius 2 is 2.16 bits per heavy atom. The molecule has 0 bridgehead atoms. The second kappa shape index (κ2) is 6.71. The van der Waals surface area contributed by atoms with Crippen LogP contribution in [-0.4, -0.2) is 25.1 Å². The summed E-state index contributed by atoms with van der Waals surface area (Å²) in [5.41, 5.74) is 1.37. The van der Waals surface area contributed by atoms with E-state index in [1.807, 2.05) is 11.3 Å². The van der Waals surface area contributed by atoms with Gasteiger partial charge in [-0.25, -0.2) is 4.98 Å². The predicted molar refractivity (Wildman–Crippen MR) is 84.2 cm³/mol. The quantitative estimate of drug-likeness (QED) is 0.738. The normalized spacial score (nSPS) is 15.2. The van der Waals surface area contributed by atoms with Crippen molar-refractivity contribution in [1.82, 2.24) is 10.3 Å². The number of nitrogens with one attached hydrogen (secondary N) is 1. The van der Waals surface area contributed by atoms with Gasteiger partial charge in [0.25, 0.3) is 0 Å². The summed E-state index contributed by atoms with van der Waals surface area (Å²) in [6, 6.07) is 0. The maximum absolute atomic E-state index is 4.91. The van der Waals surface area contributed by atoms with Crippen LogP contribution in [0.4, 0.5) is 5.13 Å². The first-order valence-corrected chi connectivity index (χ1v) is 8.34. The molecule has 0 atom stereocenters. The summed E-state index contributed by atoms with van der Waals surface area (Å²) in [6.45, 7) is 9.90. The summed E-state index contributed by atoms with van der Waals surface area (Å²) < 4.78 is 0. The van der Waals surface area contributed by atoms with Gasteiger partial charge in [0.05, 0.1) is 5.69 Å². The molecule has 0 aliphatic heterocycles. The number of anilines is 1. The van der Waals surface area contributed by atoms with E-state index in [1.54, 1.807) is 0 Å². The van der Waals surface area contributed by atoms with E-state index in [0.29, 0.717) is 5.92 Å². The first kappa shape index (κ1) is 14.8. The predicted octanol–water partition coefficient (Wildman–Crippen LogP) is 3.61. The Bertz CT molecular complexity index is 396. The summed E-state index contributed by atoms with van der Waals surface area (Å²) in [7, 11) is 2.17. The maximum Gasteiger partial charge on any atom is 0.185 e. The second-order valence-corrected chi connectivity index (χ2v) is 7.09. The summed E-state index contributed by atoms with van der Waals surface area (Å²) in [4.78, 5) is 8.68. The number of rotatable bonds is 8. The van der Waals surface area contributed by atoms with Gasteiger partial charge >= 0.3 is 0 Å². The largest absolute Gasteiger partial charge is 0.351 e. The highest BCUT2D eigenvalue weighted by molar-refractivity contribution is 7.15. The van der Waals surface area contributed by atoms with Crippen LogP contribution < -0.4 is 10.2 Å². The van der Waals surface area contributed by atoms with Gasteiger partial charge in [-0.15, -0.1) is 11.3 Å². The molecular formula is C15H27N3S. The van der Waals surface area contributed by atoms with E-state index < -0.39 is 0 Å². The minimum Gasteiger partial charge on any atom is -0.351 e. The van der Waals surface area contributed by atoms with Crippen molar-refractivity contribution in [2.45, 2.75) is 52.5 Å². The molecule has 1 aliphatic carbocycles. The van der Waals surface area contributed by atoms with Gasteiger partial charge in [-0.05, 0) is 31.7 Å². The molecule has 108 valence electrons. The van der Waals surface area contributed by atoms with Crippen LogP contribution >= 0.6 is 11.3 Å². The molecule has 0 amide bonds. The van der Waals surface area contributed by atoms with Gasteiger partial charge in [0.1, 0.15) is 0 Å². The minimum atomic E-state index is 0.681. The monoisotopic (exact) mass is 281 g/mol. The van der Waals surface area contributed by atoms with Crippen LogP contribution in [0.2, 0.25) is 0 Å². The standard InChI is InChI=1S/C15H27N3S/c1-5-8-16-9-13-14(12-6-7-12)17-15(19-13)18(4)10-11(2)3/h11-12,16H,5-10H2,1-4H3. The molecular weight excluding hydrogens is 254 g/mol. The highest BCUT2D eigenvalue weighted by Crippen LogP contribution is 2.44. The third-order valence-corrected chi connectivity index (χ3v) is 4.54. The van der Waals surface area contributed by atoms with Crippen LogP contribution in [0.5, 0.6) is 0 Å². The van der Waals surface area contributed by atoms with Crippen LogP contribution in [-0.2, 0) is 6.54 Å². The number of aromatic nitrogens is 1. The lowest BCUT2D eigenvalue weighted by Gasteiger charge is -2.17. The molecule has 0 aromatic carbocycles. The molecule has 0 radical (unpaired) electrons. The van der Waals surface area contributed by atoms with Gasteiger partial charge < -0.3 is 10.2 Å². The Hall–Kier alpha value is -0.610. The molecule has 1 aromatic heterocycles. The second-order valence-electron chi connectivity index (χ2n) is 6.03. The van der Waals surface area contributed by atoms with Crippen LogP contribution in [0, 0.1) is 5.92 Å². The Labute approximate surface area is 121 Å². The van der Waals surface area contributed by atoms with E-state index in [9.17, 15) is 0 Å². The average molecular weight is 281 g/mol. The van der Waals surface area contributed by atoms with Crippen LogP contribution in [0.15, 0.2) is 0 Å². The van der Waals surface area contributed by atoms with Crippen molar-refractivity contribution >= 4 is 16.5 Å². The molecule has 2 rings (SSSR count). The molecule has 0 saturated heterocycles. The fourth-order valence-corrected chi connectivity index (χ4v) is 3.41. The van der Waals surface area contributed by atoms with Crippen molar-refractivity contribution < 1.29 is 0 Å². The zero-order chi connectivity index (χ0) is 13.8. The highest BCUT2D eigenvalue weighted by Gasteiger charge is 2.30. The smallest absolute Gasteiger partial charge is 0.185 e. The van der Waals surface area contributed by atoms with Crippen molar-refractivity contribution in [2.75, 3.05) is 25.0 Å². The van der Waals surface area contributed by atoms with Gasteiger partial charge in [0.2, 0.25) is 0 Å². The van der Waals surface area contributed by atoms with Gasteiger partial charge in [-0.2, -0.15) is 0 Å². The molecule has 19 heavy (non-hydrogen) atoms. The molecule has 0 spiro atoms. The van der Waals surface area contributed by atoms with E-state index in [4.69, 9.17) is 4.98 Å². The molecule has 3 nitrogen and oxygen atoms in total. The molecule has 1 aromatic rings. The van der Waals surface area contributed by atoms with Crippen molar-refractivity contribution in [1.29, 1.82) is 0 Å². The number of nitrogens with zero attached hydrogens (tertiary/aromatic N) is 2. The Kier molecular flexibility index (Phi) is 5.22. The topological polar surface area (TPSA) is 28.2 Å². The number of hydrogen-bond acceptors (Lipinski definition) is 4. The number of hydrogen-bond donors (Lipinski definition) is 1. The van der Waals surface area contributed by atoms with Crippen LogP contribution in [0.3, 0.4) is 0 Å². The summed E-state index contributed by atoms with van der Waals surface area (Å²) in [5.74, 6) is 1.43. The fraction of sp³-hybridized carbons (Fsp3) is 0.800. The molecule has 1 saturated carbocycles. The first-order chi connectivity index (χ1) is 9.11. The van der Waals surface area contributed by atoms with E-state index >= 15 is 0 Å². The first-order valence-electron chi connectivity index (χ1n) is 7.53. The zero-order valence-electron chi connectivity index (χ0n) is 12.7. The number of thiazole rings is 1. The molecule has 0 unspecified atom stereocenters. The summed E-state index contributed by atoms with van der Waals surface area (Å²) in [5, 5.41) is 4.72. The summed E-state index contributed by atoms with van der Waals surface area (Å²) >= 11 is 1.88. The van der Waals surface area contributed by atoms with E-state index in [-0.39, 0.29) is 0 Å². The third-order valence-electron chi connectivity index (χ3n) is 3.36. The fourth-order valence-electron chi connectivity index (χ4n) is 2.32. The Morgan fingerprint density at radius 3 is 2.74 bits per heavy atom. The van der Waals surface area contributed by atoms with Crippen molar-refractivity contribution in [3.63, 3.8) is 0 Å². The van der Waals surface area contributed by atoms with Gasteiger partial charge in [-0.3, -0.25) is 0 Å². The van der Waals surface area contributed by atoms with Crippen LogP contribution in [0.1, 0.15) is 56.5 Å². The Balaban J connectivity index is 2.05. The van der Waals surface area contributed by atoms with Gasteiger partial charge in [-0.1, -0.05) is 20.8 Å². The SMILES string of the molecule is CCCNCc1sc(N(C)CC(C)C)nc1C1CC1. The highest BCUT2D eigenvalue weighted by atomic mass is 32.1. The lowest BCUT2D eigenvalue weighted by Crippen LogP contribution is -2.22. The molecule has 1 heterocycles. The van der Waals surface area contributed by atoms with Crippen molar-refractivity contribution in [3.8, 4) is 0 Å². The van der Waals surface area contributed by atoms with Gasteiger partial charge in [0, 0.05) is 30.9 Å². The van der Waals surface area contributed by atoms with Crippen molar-refractivity contribution in [3.05, 3.63) is 10.6 Å². The molecule has 1 aliphatic rings. The lowest BCUT2D eigenvalue weighted by atomic mass is 10.2. The molecule has 1 N–H and O–H groups in total. The third kappa shape index (κ3) is 4.18. The Morgan fingerprint density at radius 1 is 1.42 bits per heavy atom.